The van der Waals surface area contributed by atoms with Crippen molar-refractivity contribution in [3.05, 3.63) is 95.6 Å². The third-order valence-electron chi connectivity index (χ3n) is 9.21. The molecular weight excluding hydrogens is 789 g/mol. The van der Waals surface area contributed by atoms with E-state index in [-0.39, 0.29) is 35.0 Å². The van der Waals surface area contributed by atoms with Crippen molar-refractivity contribution in [1.29, 1.82) is 0 Å². The van der Waals surface area contributed by atoms with Crippen LogP contribution in [-0.2, 0) is 37.8 Å². The Morgan fingerprint density at radius 1 is 0.807 bits per heavy atom. The second-order valence-electron chi connectivity index (χ2n) is 15.4. The Bertz CT molecular complexity index is 1790. The first kappa shape index (κ1) is 46.6. The Morgan fingerprint density at radius 2 is 1.25 bits per heavy atom. The van der Waals surface area contributed by atoms with E-state index < -0.39 is 54.5 Å². The predicted octanol–water partition coefficient (Wildman–Crippen LogP) is 7.90. The lowest BCUT2D eigenvalue weighted by Gasteiger charge is -2.39. The summed E-state index contributed by atoms with van der Waals surface area (Å²) in [6.07, 6.45) is 2.49. The van der Waals surface area contributed by atoms with E-state index in [2.05, 4.69) is 5.92 Å². The molecule has 15 heteroatoms. The Labute approximate surface area is 345 Å². The van der Waals surface area contributed by atoms with Gasteiger partial charge in [0.2, 0.25) is 5.67 Å². The highest BCUT2D eigenvalue weighted by Gasteiger charge is 2.59. The minimum Gasteiger partial charge on any atom is -0.497 e. The summed E-state index contributed by atoms with van der Waals surface area (Å²) < 4.78 is 65.2. The summed E-state index contributed by atoms with van der Waals surface area (Å²) in [5.74, 6) is 3.65. The molecule has 0 aliphatic carbocycles. The number of carbonyl (C=O) groups excluding carboxylic acids is 2. The first-order valence-electron chi connectivity index (χ1n) is 18.4. The number of aliphatic hydroxyl groups is 1. The van der Waals surface area contributed by atoms with Crippen molar-refractivity contribution in [1.82, 2.24) is 0 Å². The number of phosphoric ester groups is 1. The lowest BCUT2D eigenvalue weighted by atomic mass is 9.40. The smallest absolute Gasteiger partial charge is 0.474 e. The Balaban J connectivity index is 1.65. The standard InChI is InChI=1S/C42H52BFO10PS2/c1-10-41(44)35(45)34(28-53-55(48,51-24-26-56-37(46)39(2,3)4)52-25-27-57-38(47)40(5,6)7)54-36(41)43-42(29-14-12-11-13-15-29,30-16-20-32(49-8)21-17-30)31-18-22-33(50-9)23-19-31/h1,11-23,34-36,45H,24-28H2,2-9H3/t34-,35-,36-,41-/m1/s1. The van der Waals surface area contributed by atoms with Gasteiger partial charge >= 0.3 is 7.82 Å². The van der Waals surface area contributed by atoms with E-state index in [1.807, 2.05) is 54.6 Å². The second kappa shape index (κ2) is 19.8. The van der Waals surface area contributed by atoms with Gasteiger partial charge in [-0.25, -0.2) is 8.96 Å². The predicted molar refractivity (Wildman–Crippen MR) is 225 cm³/mol. The molecule has 0 aromatic heterocycles. The molecule has 57 heavy (non-hydrogen) atoms. The van der Waals surface area contributed by atoms with Crippen molar-refractivity contribution < 1.29 is 51.4 Å². The van der Waals surface area contributed by atoms with Crippen LogP contribution >= 0.6 is 31.3 Å². The molecule has 0 unspecified atom stereocenters. The van der Waals surface area contributed by atoms with Gasteiger partial charge in [0.1, 0.15) is 23.7 Å². The summed E-state index contributed by atoms with van der Waals surface area (Å²) >= 11 is 2.02. The SMILES string of the molecule is C#C[C@]1(F)[C@H]([B]C(c2ccccc2)(c2ccc(OC)cc2)c2ccc(OC)cc2)O[C@H](COP(=O)(OCCSC(=O)C(C)(C)C)OCCSC(=O)C(C)(C)C)[C@H]1O. The van der Waals surface area contributed by atoms with Gasteiger partial charge in [0, 0.05) is 27.7 Å². The van der Waals surface area contributed by atoms with E-state index in [9.17, 15) is 19.3 Å². The summed E-state index contributed by atoms with van der Waals surface area (Å²) in [4.78, 5) is 24.9. The van der Waals surface area contributed by atoms with Gasteiger partial charge in [-0.2, -0.15) is 0 Å². The minimum atomic E-state index is -4.42. The lowest BCUT2D eigenvalue weighted by molar-refractivity contribution is -0.118. The van der Waals surface area contributed by atoms with Crippen LogP contribution in [0.25, 0.3) is 0 Å². The summed E-state index contributed by atoms with van der Waals surface area (Å²) in [6, 6.07) is 22.5. The third kappa shape index (κ3) is 11.5. The molecular formula is C42H52BFO10PS2. The van der Waals surface area contributed by atoms with E-state index in [1.54, 1.807) is 87.3 Å². The van der Waals surface area contributed by atoms with Crippen molar-refractivity contribution >= 4 is 48.9 Å². The highest BCUT2D eigenvalue weighted by Crippen LogP contribution is 2.51. The van der Waals surface area contributed by atoms with Gasteiger partial charge < -0.3 is 19.3 Å². The number of benzene rings is 3. The summed E-state index contributed by atoms with van der Waals surface area (Å²) in [5, 5.41) is 10.1. The monoisotopic (exact) mass is 841 g/mol. The number of methoxy groups -OCH3 is 2. The molecule has 0 spiro atoms. The van der Waals surface area contributed by atoms with Gasteiger partial charge in [0.05, 0.1) is 40.0 Å². The molecule has 4 rings (SSSR count). The first-order chi connectivity index (χ1) is 26.8. The average molecular weight is 842 g/mol. The number of thioether (sulfide) groups is 2. The first-order valence-corrected chi connectivity index (χ1v) is 21.8. The Hall–Kier alpha value is -3.12. The van der Waals surface area contributed by atoms with Crippen molar-refractivity contribution in [2.45, 2.75) is 70.7 Å². The summed E-state index contributed by atoms with van der Waals surface area (Å²) in [5.41, 5.74) is -1.80. The van der Waals surface area contributed by atoms with Crippen LogP contribution in [-0.4, -0.2) is 92.0 Å². The van der Waals surface area contributed by atoms with Crippen LogP contribution in [0.1, 0.15) is 58.2 Å². The molecule has 0 bridgehead atoms. The molecule has 1 fully saturated rings. The number of ether oxygens (including phenoxy) is 3. The number of carbonyl (C=O) groups is 2. The maximum atomic E-state index is 17.2. The van der Waals surface area contributed by atoms with Crippen molar-refractivity contribution in [2.75, 3.05) is 45.5 Å². The van der Waals surface area contributed by atoms with Crippen molar-refractivity contribution in [2.24, 2.45) is 10.8 Å². The van der Waals surface area contributed by atoms with Gasteiger partial charge in [-0.3, -0.25) is 23.2 Å². The van der Waals surface area contributed by atoms with Crippen LogP contribution in [0.2, 0.25) is 0 Å². The maximum absolute atomic E-state index is 17.2. The minimum absolute atomic E-state index is 0.0888. The molecule has 4 atom stereocenters. The summed E-state index contributed by atoms with van der Waals surface area (Å²) in [6.45, 7) is 9.69. The summed E-state index contributed by atoms with van der Waals surface area (Å²) in [7, 11) is 0.335. The molecule has 1 aliphatic heterocycles. The zero-order chi connectivity index (χ0) is 42.1. The van der Waals surface area contributed by atoms with Crippen LogP contribution in [0.15, 0.2) is 78.9 Å². The van der Waals surface area contributed by atoms with Gasteiger partial charge in [-0.1, -0.05) is 126 Å². The number of halogens is 1. The lowest BCUT2D eigenvalue weighted by Crippen LogP contribution is -2.52. The van der Waals surface area contributed by atoms with Crippen molar-refractivity contribution in [3.8, 4) is 23.8 Å². The molecule has 1 radical (unpaired) electrons. The highest BCUT2D eigenvalue weighted by molar-refractivity contribution is 8.14. The largest absolute Gasteiger partial charge is 0.497 e. The average Bonchev–Trinajstić information content (AvgIpc) is 3.43. The number of alkyl halides is 1. The molecule has 1 N–H and O–H groups in total. The molecule has 1 heterocycles. The van der Waals surface area contributed by atoms with Gasteiger partial charge in [0.25, 0.3) is 0 Å². The van der Waals surface area contributed by atoms with Crippen LogP contribution in [0, 0.1) is 23.2 Å². The molecule has 3 aromatic rings. The zero-order valence-electron chi connectivity index (χ0n) is 33.7. The number of aliphatic hydroxyl groups excluding tert-OH is 1. The number of hydrogen-bond acceptors (Lipinski definition) is 12. The fraction of sp³-hybridized carbons (Fsp3) is 0.476. The van der Waals surface area contributed by atoms with Crippen LogP contribution in [0.4, 0.5) is 4.39 Å². The molecule has 0 saturated carbocycles. The van der Waals surface area contributed by atoms with E-state index in [0.29, 0.717) is 22.6 Å². The van der Waals surface area contributed by atoms with Gasteiger partial charge in [0.15, 0.2) is 17.5 Å². The van der Waals surface area contributed by atoms with Crippen LogP contribution < -0.4 is 9.47 Å². The molecule has 10 nitrogen and oxygen atoms in total. The van der Waals surface area contributed by atoms with E-state index in [1.165, 1.54) is 0 Å². The Morgan fingerprint density at radius 3 is 1.65 bits per heavy atom. The number of phosphoric acid groups is 1. The van der Waals surface area contributed by atoms with Crippen LogP contribution in [0.3, 0.4) is 0 Å². The van der Waals surface area contributed by atoms with Crippen LogP contribution in [0.5, 0.6) is 11.5 Å². The van der Waals surface area contributed by atoms with Gasteiger partial charge in [-0.15, -0.1) is 6.42 Å². The molecule has 307 valence electrons. The topological polar surface area (TPSA) is 127 Å². The Kier molecular flexibility index (Phi) is 16.1. The molecule has 3 aromatic carbocycles. The molecule has 0 amide bonds. The van der Waals surface area contributed by atoms with E-state index in [0.717, 1.165) is 29.1 Å². The van der Waals surface area contributed by atoms with E-state index in [4.69, 9.17) is 34.2 Å². The third-order valence-corrected chi connectivity index (χ3v) is 13.2. The van der Waals surface area contributed by atoms with Crippen molar-refractivity contribution in [3.63, 3.8) is 0 Å². The highest BCUT2D eigenvalue weighted by atomic mass is 32.2. The molecule has 1 saturated heterocycles. The number of hydrogen-bond donors (Lipinski definition) is 1. The molecule has 1 aliphatic rings. The van der Waals surface area contributed by atoms with Gasteiger partial charge in [-0.05, 0) is 41.0 Å². The number of rotatable bonds is 18. The normalized spacial score (nSPS) is 20.1. The quantitative estimate of drug-likeness (QED) is 0.0440. The maximum Gasteiger partial charge on any atom is 0.474 e. The number of terminal acetylenes is 1. The fourth-order valence-electron chi connectivity index (χ4n) is 5.96. The van der Waals surface area contributed by atoms with E-state index >= 15 is 4.39 Å². The zero-order valence-corrected chi connectivity index (χ0v) is 36.2. The second-order valence-corrected chi connectivity index (χ2v) is 19.2. The fourth-order valence-corrected chi connectivity index (χ4v) is 8.96.